The lowest BCUT2D eigenvalue weighted by atomic mass is 10.2. The highest BCUT2D eigenvalue weighted by Gasteiger charge is 2.14. The van der Waals surface area contributed by atoms with E-state index in [1.54, 1.807) is 0 Å². The Morgan fingerprint density at radius 2 is 1.22 bits per heavy atom. The van der Waals surface area contributed by atoms with Gasteiger partial charge in [-0.15, -0.1) is 0 Å². The van der Waals surface area contributed by atoms with Crippen LogP contribution in [0.15, 0.2) is 87.3 Å². The van der Waals surface area contributed by atoms with Crippen LogP contribution >= 0.6 is 0 Å². The highest BCUT2D eigenvalue weighted by Crippen LogP contribution is 2.04. The summed E-state index contributed by atoms with van der Waals surface area (Å²) in [6.45, 7) is 0.337. The topological polar surface area (TPSA) is 78.4 Å². The minimum absolute atomic E-state index is 0.0330. The molecule has 0 aliphatic carbocycles. The molecule has 2 heterocycles. The van der Waals surface area contributed by atoms with E-state index in [0.29, 0.717) is 0 Å². The predicted octanol–water partition coefficient (Wildman–Crippen LogP) is 1.11. The molecule has 4 aromatic rings. The normalized spacial score (nSPS) is 11.0. The van der Waals surface area contributed by atoms with Gasteiger partial charge in [0.15, 0.2) is 0 Å². The van der Waals surface area contributed by atoms with E-state index in [9.17, 15) is 14.4 Å². The maximum absolute atomic E-state index is 13.1. The van der Waals surface area contributed by atoms with Gasteiger partial charge in [-0.1, -0.05) is 60.7 Å². The van der Waals surface area contributed by atoms with E-state index < -0.39 is 16.9 Å². The molecule has 0 saturated heterocycles. The van der Waals surface area contributed by atoms with E-state index in [1.807, 2.05) is 60.7 Å². The largest absolute Gasteiger partial charge is 0.339 e. The Morgan fingerprint density at radius 1 is 0.667 bits per heavy atom. The summed E-state index contributed by atoms with van der Waals surface area (Å²) >= 11 is 0. The number of benzene rings is 2. The fourth-order valence-corrected chi connectivity index (χ4v) is 2.98. The first-order chi connectivity index (χ1) is 13.1. The van der Waals surface area contributed by atoms with Crippen LogP contribution in [-0.4, -0.2) is 18.5 Å². The summed E-state index contributed by atoms with van der Waals surface area (Å²) in [5.74, 6) is 0.0330. The molecule has 0 atom stereocenters. The molecule has 2 aromatic carbocycles. The summed E-state index contributed by atoms with van der Waals surface area (Å²) < 4.78 is 3.73. The molecular formula is C20H16N4O3. The van der Waals surface area contributed by atoms with E-state index in [2.05, 4.69) is 4.98 Å². The van der Waals surface area contributed by atoms with Crippen molar-refractivity contribution in [2.45, 2.75) is 13.1 Å². The first-order valence-electron chi connectivity index (χ1n) is 8.44. The van der Waals surface area contributed by atoms with Crippen molar-refractivity contribution in [3.8, 4) is 0 Å². The van der Waals surface area contributed by atoms with Crippen molar-refractivity contribution >= 4 is 5.78 Å². The molecular weight excluding hydrogens is 344 g/mol. The van der Waals surface area contributed by atoms with E-state index in [-0.39, 0.29) is 18.9 Å². The molecule has 0 saturated carbocycles. The first kappa shape index (κ1) is 16.7. The molecule has 27 heavy (non-hydrogen) atoms. The van der Waals surface area contributed by atoms with Crippen LogP contribution in [0.5, 0.6) is 0 Å². The minimum atomic E-state index is -0.532. The lowest BCUT2D eigenvalue weighted by Gasteiger charge is -2.14. The molecule has 0 amide bonds. The second-order valence-electron chi connectivity index (χ2n) is 6.14. The van der Waals surface area contributed by atoms with Gasteiger partial charge in [-0.25, -0.2) is 18.6 Å². The van der Waals surface area contributed by atoms with Gasteiger partial charge in [0.25, 0.3) is 5.56 Å². The van der Waals surface area contributed by atoms with Gasteiger partial charge in [0.1, 0.15) is 0 Å². The summed E-state index contributed by atoms with van der Waals surface area (Å²) in [5.41, 5.74) is 0.152. The number of fused-ring (bicyclic) bond motifs is 1. The lowest BCUT2D eigenvalue weighted by molar-refractivity contribution is 0.579. The van der Waals surface area contributed by atoms with Gasteiger partial charge < -0.3 is 0 Å². The van der Waals surface area contributed by atoms with Gasteiger partial charge in [-0.3, -0.25) is 9.36 Å². The van der Waals surface area contributed by atoms with Crippen molar-refractivity contribution in [3.05, 3.63) is 115 Å². The fraction of sp³-hybridized carbons (Fsp3) is 0.100. The summed E-state index contributed by atoms with van der Waals surface area (Å²) in [7, 11) is 0. The summed E-state index contributed by atoms with van der Waals surface area (Å²) in [6.07, 6.45) is 1.36. The fourth-order valence-electron chi connectivity index (χ4n) is 2.98. The van der Waals surface area contributed by atoms with E-state index in [1.165, 1.54) is 21.2 Å². The van der Waals surface area contributed by atoms with Crippen LogP contribution in [0.4, 0.5) is 0 Å². The molecule has 0 spiro atoms. The van der Waals surface area contributed by atoms with E-state index in [0.717, 1.165) is 15.7 Å². The van der Waals surface area contributed by atoms with Gasteiger partial charge in [0, 0.05) is 12.3 Å². The standard InChI is InChI=1S/C20H16N4O3/c25-17-11-12-22-18(21-17)23(13-15-7-3-1-4-8-15)20(27)24(19(22)26)14-16-9-5-2-6-10-16/h1-12H,13-14H2. The molecule has 7 nitrogen and oxygen atoms in total. The molecule has 2 aromatic heterocycles. The molecule has 0 radical (unpaired) electrons. The van der Waals surface area contributed by atoms with Crippen LogP contribution in [0.1, 0.15) is 11.1 Å². The number of hydrogen-bond acceptors (Lipinski definition) is 4. The summed E-state index contributed by atoms with van der Waals surface area (Å²) in [4.78, 5) is 41.6. The van der Waals surface area contributed by atoms with Crippen molar-refractivity contribution in [1.82, 2.24) is 18.5 Å². The maximum atomic E-state index is 13.1. The summed E-state index contributed by atoms with van der Waals surface area (Å²) in [5, 5.41) is 0. The SMILES string of the molecule is O=c1ccn2c(=O)n(Cc3ccccc3)c(=O)n(Cc3ccccc3)c2n1. The molecule has 4 rings (SSSR count). The Hall–Kier alpha value is -3.74. The number of nitrogens with zero attached hydrogens (tertiary/aromatic N) is 4. The van der Waals surface area contributed by atoms with E-state index >= 15 is 0 Å². The van der Waals surface area contributed by atoms with Gasteiger partial charge in [-0.2, -0.15) is 4.98 Å². The second-order valence-corrected chi connectivity index (χ2v) is 6.14. The average Bonchev–Trinajstić information content (AvgIpc) is 2.70. The third-order valence-corrected chi connectivity index (χ3v) is 4.30. The Kier molecular flexibility index (Phi) is 4.25. The average molecular weight is 360 g/mol. The van der Waals surface area contributed by atoms with Crippen LogP contribution in [0.25, 0.3) is 5.78 Å². The van der Waals surface area contributed by atoms with Crippen LogP contribution in [0, 0.1) is 0 Å². The van der Waals surface area contributed by atoms with Gasteiger partial charge in [0.2, 0.25) is 5.78 Å². The smallest absolute Gasteiger partial charge is 0.267 e. The molecule has 0 N–H and O–H groups in total. The van der Waals surface area contributed by atoms with Crippen LogP contribution in [0.3, 0.4) is 0 Å². The molecule has 0 fully saturated rings. The molecule has 7 heteroatoms. The van der Waals surface area contributed by atoms with Crippen molar-refractivity contribution in [1.29, 1.82) is 0 Å². The Bertz CT molecular complexity index is 1270. The summed E-state index contributed by atoms with van der Waals surface area (Å²) in [6, 6.07) is 19.8. The maximum Gasteiger partial charge on any atom is 0.339 e. The third kappa shape index (κ3) is 3.22. The first-order valence-corrected chi connectivity index (χ1v) is 8.44. The van der Waals surface area contributed by atoms with Crippen LogP contribution in [-0.2, 0) is 13.1 Å². The van der Waals surface area contributed by atoms with Crippen molar-refractivity contribution in [3.63, 3.8) is 0 Å². The minimum Gasteiger partial charge on any atom is -0.267 e. The van der Waals surface area contributed by atoms with Crippen LogP contribution < -0.4 is 16.9 Å². The van der Waals surface area contributed by atoms with Gasteiger partial charge >= 0.3 is 11.4 Å². The molecule has 134 valence electrons. The van der Waals surface area contributed by atoms with E-state index in [4.69, 9.17) is 0 Å². The Morgan fingerprint density at radius 3 is 1.81 bits per heavy atom. The van der Waals surface area contributed by atoms with Crippen molar-refractivity contribution in [2.75, 3.05) is 0 Å². The van der Waals surface area contributed by atoms with Crippen LogP contribution in [0.2, 0.25) is 0 Å². The van der Waals surface area contributed by atoms with Gasteiger partial charge in [0.05, 0.1) is 13.1 Å². The Labute approximate surface area is 153 Å². The molecule has 0 aliphatic rings. The zero-order valence-corrected chi connectivity index (χ0v) is 14.4. The van der Waals surface area contributed by atoms with Gasteiger partial charge in [-0.05, 0) is 11.1 Å². The highest BCUT2D eigenvalue weighted by molar-refractivity contribution is 5.29. The monoisotopic (exact) mass is 360 g/mol. The number of hydrogen-bond donors (Lipinski definition) is 0. The quantitative estimate of drug-likeness (QED) is 0.546. The Balaban J connectivity index is 1.96. The zero-order valence-electron chi connectivity index (χ0n) is 14.4. The second kappa shape index (κ2) is 6.87. The molecule has 0 unspecified atom stereocenters. The lowest BCUT2D eigenvalue weighted by Crippen LogP contribution is -2.45. The highest BCUT2D eigenvalue weighted by atomic mass is 16.2. The number of aromatic nitrogens is 4. The third-order valence-electron chi connectivity index (χ3n) is 4.30. The molecule has 0 aliphatic heterocycles. The van der Waals surface area contributed by atoms with Crippen molar-refractivity contribution in [2.24, 2.45) is 0 Å². The molecule has 0 bridgehead atoms. The zero-order chi connectivity index (χ0) is 18.8. The number of rotatable bonds is 4. The van der Waals surface area contributed by atoms with Crippen molar-refractivity contribution < 1.29 is 0 Å². The predicted molar refractivity (Wildman–Crippen MR) is 101 cm³/mol.